The fraction of sp³-hybridized carbons (Fsp3) is 0.300. The van der Waals surface area contributed by atoms with Crippen molar-refractivity contribution in [3.63, 3.8) is 0 Å². The number of nitrogens with zero attached hydrogens (tertiary/aromatic N) is 5. The molecule has 1 aliphatic rings. The number of hydrogen-bond acceptors (Lipinski definition) is 7. The number of aromatic nitrogens is 2. The van der Waals surface area contributed by atoms with Gasteiger partial charge in [0.1, 0.15) is 16.3 Å². The lowest BCUT2D eigenvalue weighted by molar-refractivity contribution is 0.492. The highest BCUT2D eigenvalue weighted by Crippen LogP contribution is 2.26. The zero-order valence-corrected chi connectivity index (χ0v) is 15.9. The van der Waals surface area contributed by atoms with E-state index in [2.05, 4.69) is 12.1 Å². The minimum Gasteiger partial charge on any atom is -0.341 e. The second-order valence-corrected chi connectivity index (χ2v) is 7.74. The summed E-state index contributed by atoms with van der Waals surface area (Å²) in [7, 11) is 0. The zero-order chi connectivity index (χ0) is 19.7. The quantitative estimate of drug-likeness (QED) is 0.734. The van der Waals surface area contributed by atoms with E-state index in [1.807, 2.05) is 17.0 Å². The highest BCUT2D eigenvalue weighted by atomic mass is 32.1. The van der Waals surface area contributed by atoms with Crippen molar-refractivity contribution in [3.8, 4) is 12.1 Å². The monoisotopic (exact) mass is 390 g/mol. The molecular weight excluding hydrogens is 372 g/mol. The van der Waals surface area contributed by atoms with Crippen LogP contribution in [-0.2, 0) is 6.54 Å². The molecule has 2 aromatic heterocycles. The van der Waals surface area contributed by atoms with E-state index in [4.69, 9.17) is 10.7 Å². The lowest BCUT2D eigenvalue weighted by Crippen LogP contribution is -2.45. The molecule has 3 heterocycles. The predicted molar refractivity (Wildman–Crippen MR) is 108 cm³/mol. The maximum Gasteiger partial charge on any atom is 0.273 e. The molecule has 140 valence electrons. The molecule has 7 nitrogen and oxygen atoms in total. The number of piperidine rings is 1. The number of thiophene rings is 1. The summed E-state index contributed by atoms with van der Waals surface area (Å²) in [6.45, 7) is 1.59. The van der Waals surface area contributed by atoms with E-state index in [9.17, 15) is 15.3 Å². The van der Waals surface area contributed by atoms with E-state index < -0.39 is 0 Å². The lowest BCUT2D eigenvalue weighted by atomic mass is 10.1. The minimum atomic E-state index is -0.196. The molecule has 4 rings (SSSR count). The molecule has 1 aromatic carbocycles. The number of anilines is 1. The summed E-state index contributed by atoms with van der Waals surface area (Å²) >= 11 is 1.23. The van der Waals surface area contributed by atoms with Crippen molar-refractivity contribution in [2.75, 3.05) is 18.0 Å². The van der Waals surface area contributed by atoms with Crippen LogP contribution in [0.15, 0.2) is 34.4 Å². The third-order valence-corrected chi connectivity index (χ3v) is 5.94. The van der Waals surface area contributed by atoms with E-state index in [1.54, 1.807) is 22.1 Å². The van der Waals surface area contributed by atoms with Crippen molar-refractivity contribution in [1.82, 2.24) is 9.55 Å². The van der Waals surface area contributed by atoms with Crippen LogP contribution in [0.1, 0.15) is 29.5 Å². The Balaban J connectivity index is 1.91. The van der Waals surface area contributed by atoms with Gasteiger partial charge in [0.25, 0.3) is 5.56 Å². The van der Waals surface area contributed by atoms with E-state index >= 15 is 0 Å². The maximum atomic E-state index is 13.3. The van der Waals surface area contributed by atoms with Gasteiger partial charge in [-0.25, -0.2) is 4.98 Å². The summed E-state index contributed by atoms with van der Waals surface area (Å²) in [5, 5.41) is 20.4. The molecule has 3 aromatic rings. The Bertz CT molecular complexity index is 1180. The van der Waals surface area contributed by atoms with Crippen LogP contribution in [0.25, 0.3) is 10.2 Å². The summed E-state index contributed by atoms with van der Waals surface area (Å²) in [5.74, 6) is 0.510. The lowest BCUT2D eigenvalue weighted by Gasteiger charge is -2.33. The Kier molecular flexibility index (Phi) is 4.82. The second kappa shape index (κ2) is 7.43. The average molecular weight is 390 g/mol. The van der Waals surface area contributed by atoms with Crippen molar-refractivity contribution in [2.45, 2.75) is 25.4 Å². The second-order valence-electron chi connectivity index (χ2n) is 6.86. The number of fused-ring (bicyclic) bond motifs is 1. The molecule has 28 heavy (non-hydrogen) atoms. The normalized spacial score (nSPS) is 16.7. The summed E-state index contributed by atoms with van der Waals surface area (Å²) < 4.78 is 2.06. The van der Waals surface area contributed by atoms with Crippen LogP contribution in [0, 0.1) is 22.7 Å². The Morgan fingerprint density at radius 3 is 2.79 bits per heavy atom. The molecule has 1 fully saturated rings. The van der Waals surface area contributed by atoms with Crippen molar-refractivity contribution >= 4 is 27.5 Å². The fourth-order valence-corrected chi connectivity index (χ4v) is 4.46. The largest absolute Gasteiger partial charge is 0.341 e. The third-order valence-electron chi connectivity index (χ3n) is 4.98. The van der Waals surface area contributed by atoms with Crippen LogP contribution < -0.4 is 16.2 Å². The molecule has 8 heteroatoms. The fourth-order valence-electron chi connectivity index (χ4n) is 3.58. The molecular formula is C20H18N6OS. The van der Waals surface area contributed by atoms with E-state index in [0.717, 1.165) is 24.9 Å². The van der Waals surface area contributed by atoms with Gasteiger partial charge in [0.05, 0.1) is 23.7 Å². The van der Waals surface area contributed by atoms with Crippen molar-refractivity contribution in [1.29, 1.82) is 10.5 Å². The topological polar surface area (TPSA) is 112 Å². The standard InChI is InChI=1S/C20H18N6OS/c21-8-13-4-1-2-5-14(13)10-26-19(27)18-17(15(9-22)12-28-18)24-20(26)25-7-3-6-16(23)11-25/h1-2,4-5,12,16H,3,6-7,10-11,23H2/t16-/m1/s1. The van der Waals surface area contributed by atoms with Crippen molar-refractivity contribution < 1.29 is 0 Å². The van der Waals surface area contributed by atoms with E-state index in [1.165, 1.54) is 11.3 Å². The average Bonchev–Trinajstić information content (AvgIpc) is 3.13. The van der Waals surface area contributed by atoms with Crippen LogP contribution >= 0.6 is 11.3 Å². The number of nitriles is 2. The van der Waals surface area contributed by atoms with Gasteiger partial charge >= 0.3 is 0 Å². The zero-order valence-electron chi connectivity index (χ0n) is 15.1. The number of benzene rings is 1. The first-order chi connectivity index (χ1) is 13.6. The highest BCUT2D eigenvalue weighted by molar-refractivity contribution is 7.17. The molecule has 1 saturated heterocycles. The van der Waals surface area contributed by atoms with Gasteiger partial charge in [0.15, 0.2) is 0 Å². The Morgan fingerprint density at radius 1 is 1.25 bits per heavy atom. The molecule has 0 spiro atoms. The minimum absolute atomic E-state index is 0.0131. The molecule has 0 bridgehead atoms. The molecule has 1 atom stereocenters. The van der Waals surface area contributed by atoms with Gasteiger partial charge in [-0.15, -0.1) is 11.3 Å². The molecule has 0 aliphatic carbocycles. The number of rotatable bonds is 3. The summed E-state index contributed by atoms with van der Waals surface area (Å²) in [6, 6.07) is 11.5. The predicted octanol–water partition coefficient (Wildman–Crippen LogP) is 2.18. The number of hydrogen-bond donors (Lipinski definition) is 1. The summed E-state index contributed by atoms with van der Waals surface area (Å²) in [6.07, 6.45) is 1.85. The SMILES string of the molecule is N#Cc1ccccc1Cn1c(N2CCC[C@@H](N)C2)nc2c(C#N)csc2c1=O. The highest BCUT2D eigenvalue weighted by Gasteiger charge is 2.24. The van der Waals surface area contributed by atoms with E-state index in [0.29, 0.717) is 33.8 Å². The van der Waals surface area contributed by atoms with Crippen LogP contribution in [0.3, 0.4) is 0 Å². The first-order valence-electron chi connectivity index (χ1n) is 9.03. The van der Waals surface area contributed by atoms with Crippen molar-refractivity contribution in [2.24, 2.45) is 5.73 Å². The van der Waals surface area contributed by atoms with Gasteiger partial charge in [-0.3, -0.25) is 9.36 Å². The Hall–Kier alpha value is -3.20. The molecule has 0 saturated carbocycles. The summed E-state index contributed by atoms with van der Waals surface area (Å²) in [4.78, 5) is 20.0. The van der Waals surface area contributed by atoms with Gasteiger partial charge in [-0.2, -0.15) is 10.5 Å². The first kappa shape index (κ1) is 18.2. The smallest absolute Gasteiger partial charge is 0.273 e. The third kappa shape index (κ3) is 3.13. The van der Waals surface area contributed by atoms with Gasteiger partial charge in [0.2, 0.25) is 5.95 Å². The van der Waals surface area contributed by atoms with Crippen LogP contribution in [-0.4, -0.2) is 28.7 Å². The molecule has 1 aliphatic heterocycles. The van der Waals surface area contributed by atoms with Crippen LogP contribution in [0.2, 0.25) is 0 Å². The van der Waals surface area contributed by atoms with Crippen LogP contribution in [0.4, 0.5) is 5.95 Å². The summed E-state index contributed by atoms with van der Waals surface area (Å²) in [5.41, 5.74) is 8.08. The number of nitrogens with two attached hydrogens (primary N) is 1. The molecule has 0 unspecified atom stereocenters. The Labute approximate surface area is 165 Å². The van der Waals surface area contributed by atoms with Gasteiger partial charge in [0, 0.05) is 24.5 Å². The van der Waals surface area contributed by atoms with Gasteiger partial charge < -0.3 is 10.6 Å². The van der Waals surface area contributed by atoms with E-state index in [-0.39, 0.29) is 18.1 Å². The van der Waals surface area contributed by atoms with Crippen LogP contribution in [0.5, 0.6) is 0 Å². The van der Waals surface area contributed by atoms with Gasteiger partial charge in [-0.1, -0.05) is 18.2 Å². The molecule has 2 N–H and O–H groups in total. The molecule has 0 amide bonds. The van der Waals surface area contributed by atoms with Crippen molar-refractivity contribution in [3.05, 3.63) is 56.7 Å². The first-order valence-corrected chi connectivity index (χ1v) is 9.91. The van der Waals surface area contributed by atoms with Gasteiger partial charge in [-0.05, 0) is 24.5 Å². The molecule has 0 radical (unpaired) electrons. The maximum absolute atomic E-state index is 13.3. The Morgan fingerprint density at radius 2 is 2.04 bits per heavy atom.